The van der Waals surface area contributed by atoms with Crippen molar-refractivity contribution in [3.05, 3.63) is 224 Å². The molecular weight excluding hydrogens is 743 g/mol. The van der Waals surface area contributed by atoms with E-state index >= 15 is 0 Å². The van der Waals surface area contributed by atoms with E-state index in [0.717, 1.165) is 88.8 Å². The van der Waals surface area contributed by atoms with E-state index in [-0.39, 0.29) is 0 Å². The molecule has 0 saturated heterocycles. The van der Waals surface area contributed by atoms with Crippen LogP contribution in [0.15, 0.2) is 233 Å². The fourth-order valence-corrected chi connectivity index (χ4v) is 9.11. The molecule has 10 aromatic carbocycles. The number of hydrogen-bond acceptors (Lipinski definition) is 3. The molecule has 61 heavy (non-hydrogen) atoms. The molecular formula is C58H37NO2. The quantitative estimate of drug-likeness (QED) is 0.161. The van der Waals surface area contributed by atoms with E-state index in [1.807, 2.05) is 24.3 Å². The van der Waals surface area contributed by atoms with Crippen molar-refractivity contribution in [2.24, 2.45) is 0 Å². The average Bonchev–Trinajstić information content (AvgIpc) is 3.91. The normalized spacial score (nSPS) is 11.6. The van der Waals surface area contributed by atoms with E-state index in [1.165, 1.54) is 27.5 Å². The molecule has 2 heterocycles. The summed E-state index contributed by atoms with van der Waals surface area (Å²) in [6.45, 7) is 0. The smallest absolute Gasteiger partial charge is 0.143 e. The van der Waals surface area contributed by atoms with Gasteiger partial charge >= 0.3 is 0 Å². The van der Waals surface area contributed by atoms with E-state index < -0.39 is 0 Å². The lowest BCUT2D eigenvalue weighted by molar-refractivity contribution is 0.669. The predicted molar refractivity (Wildman–Crippen MR) is 255 cm³/mol. The molecule has 2 aromatic heterocycles. The van der Waals surface area contributed by atoms with E-state index in [0.29, 0.717) is 0 Å². The topological polar surface area (TPSA) is 29.5 Å². The summed E-state index contributed by atoms with van der Waals surface area (Å²) in [6.07, 6.45) is 0. The molecule has 0 radical (unpaired) electrons. The Morgan fingerprint density at radius 3 is 1.51 bits per heavy atom. The van der Waals surface area contributed by atoms with Crippen LogP contribution >= 0.6 is 0 Å². The summed E-state index contributed by atoms with van der Waals surface area (Å²) in [6, 6.07) is 80.0. The Labute approximate surface area is 353 Å². The lowest BCUT2D eigenvalue weighted by Gasteiger charge is -2.28. The zero-order chi connectivity index (χ0) is 40.3. The molecule has 3 heteroatoms. The van der Waals surface area contributed by atoms with Crippen molar-refractivity contribution in [2.75, 3.05) is 4.90 Å². The van der Waals surface area contributed by atoms with Crippen molar-refractivity contribution in [1.82, 2.24) is 0 Å². The fraction of sp³-hybridized carbons (Fsp3) is 0. The van der Waals surface area contributed by atoms with Crippen molar-refractivity contribution in [3.8, 4) is 44.5 Å². The molecule has 0 N–H and O–H groups in total. The number of para-hydroxylation sites is 4. The second-order valence-corrected chi connectivity index (χ2v) is 15.6. The van der Waals surface area contributed by atoms with Gasteiger partial charge < -0.3 is 13.7 Å². The predicted octanol–water partition coefficient (Wildman–Crippen LogP) is 16.8. The SMILES string of the molecule is c1ccc(N(c2ccc(-c3ccc(-c4cccc5ccccc45)cc3)cc2)c2ccc(-c3ccc4oc5ccccc5c4c3)cc2)c(-c2cccc3c2oc2ccccc23)c1. The molecule has 0 aliphatic heterocycles. The van der Waals surface area contributed by atoms with Crippen LogP contribution in [0.3, 0.4) is 0 Å². The van der Waals surface area contributed by atoms with Crippen LogP contribution in [0.1, 0.15) is 0 Å². The van der Waals surface area contributed by atoms with Crippen molar-refractivity contribution in [1.29, 1.82) is 0 Å². The van der Waals surface area contributed by atoms with Crippen LogP contribution in [-0.2, 0) is 0 Å². The molecule has 12 aromatic rings. The molecule has 0 spiro atoms. The van der Waals surface area contributed by atoms with Gasteiger partial charge in [0, 0.05) is 44.0 Å². The fourth-order valence-electron chi connectivity index (χ4n) is 9.11. The lowest BCUT2D eigenvalue weighted by Crippen LogP contribution is -2.11. The maximum atomic E-state index is 6.60. The summed E-state index contributed by atoms with van der Waals surface area (Å²) < 4.78 is 12.7. The van der Waals surface area contributed by atoms with Crippen molar-refractivity contribution in [3.63, 3.8) is 0 Å². The number of anilines is 3. The second kappa shape index (κ2) is 14.3. The van der Waals surface area contributed by atoms with Gasteiger partial charge in [-0.05, 0) is 98.8 Å². The van der Waals surface area contributed by atoms with Gasteiger partial charge in [-0.2, -0.15) is 0 Å². The van der Waals surface area contributed by atoms with Crippen molar-refractivity contribution in [2.45, 2.75) is 0 Å². The molecule has 0 atom stereocenters. The zero-order valence-electron chi connectivity index (χ0n) is 33.1. The lowest BCUT2D eigenvalue weighted by atomic mass is 9.96. The van der Waals surface area contributed by atoms with Gasteiger partial charge in [0.2, 0.25) is 0 Å². The third-order valence-corrected chi connectivity index (χ3v) is 12.1. The number of benzene rings is 10. The number of furan rings is 2. The highest BCUT2D eigenvalue weighted by atomic mass is 16.3. The zero-order valence-corrected chi connectivity index (χ0v) is 33.1. The van der Waals surface area contributed by atoms with Gasteiger partial charge in [0.05, 0.1) is 5.69 Å². The maximum Gasteiger partial charge on any atom is 0.143 e. The molecule has 12 rings (SSSR count). The first-order chi connectivity index (χ1) is 30.2. The second-order valence-electron chi connectivity index (χ2n) is 15.6. The number of fused-ring (bicyclic) bond motifs is 7. The molecule has 3 nitrogen and oxygen atoms in total. The van der Waals surface area contributed by atoms with Crippen LogP contribution in [-0.4, -0.2) is 0 Å². The molecule has 0 unspecified atom stereocenters. The van der Waals surface area contributed by atoms with Crippen LogP contribution in [0.4, 0.5) is 17.1 Å². The van der Waals surface area contributed by atoms with Gasteiger partial charge in [0.1, 0.15) is 22.3 Å². The summed E-state index contributed by atoms with van der Waals surface area (Å²) in [5.74, 6) is 0. The minimum atomic E-state index is 0.885. The molecule has 286 valence electrons. The standard InChI is InChI=1S/C58H37NO2/c1-2-13-46-41(11-1)12-9-17-47(46)42-25-23-38(24-26-42)39-27-32-44(33-28-39)59(45-34-29-40(30-35-45)43-31-36-57-53(37-43)50-16-5-7-21-55(50)60-57)54-20-6-3-14-48(54)51-18-10-19-52-49-15-4-8-22-56(49)61-58(51)52/h1-37H. The Bertz CT molecular complexity index is 3570. The molecule has 0 saturated carbocycles. The Hall–Kier alpha value is -8.14. The minimum absolute atomic E-state index is 0.885. The van der Waals surface area contributed by atoms with E-state index in [4.69, 9.17) is 8.83 Å². The highest BCUT2D eigenvalue weighted by Crippen LogP contribution is 2.45. The van der Waals surface area contributed by atoms with Crippen LogP contribution in [0.2, 0.25) is 0 Å². The van der Waals surface area contributed by atoms with E-state index in [2.05, 4.69) is 205 Å². The highest BCUT2D eigenvalue weighted by Gasteiger charge is 2.21. The molecule has 0 aliphatic rings. The Morgan fingerprint density at radius 1 is 0.279 bits per heavy atom. The van der Waals surface area contributed by atoms with Gasteiger partial charge in [-0.25, -0.2) is 0 Å². The minimum Gasteiger partial charge on any atom is -0.456 e. The van der Waals surface area contributed by atoms with Gasteiger partial charge in [-0.15, -0.1) is 0 Å². The van der Waals surface area contributed by atoms with E-state index in [9.17, 15) is 0 Å². The molecule has 0 amide bonds. The van der Waals surface area contributed by atoms with Gasteiger partial charge in [0.15, 0.2) is 0 Å². The summed E-state index contributed by atoms with van der Waals surface area (Å²) in [5, 5.41) is 6.99. The van der Waals surface area contributed by atoms with Gasteiger partial charge in [-0.3, -0.25) is 0 Å². The molecule has 0 fully saturated rings. The summed E-state index contributed by atoms with van der Waals surface area (Å²) in [5.41, 5.74) is 15.9. The Balaban J connectivity index is 0.955. The Kier molecular flexibility index (Phi) is 8.17. The van der Waals surface area contributed by atoms with E-state index in [1.54, 1.807) is 0 Å². The highest BCUT2D eigenvalue weighted by molar-refractivity contribution is 6.11. The average molecular weight is 780 g/mol. The van der Waals surface area contributed by atoms with Crippen LogP contribution in [0.25, 0.3) is 99.2 Å². The maximum absolute atomic E-state index is 6.60. The first-order valence-corrected chi connectivity index (χ1v) is 20.7. The van der Waals surface area contributed by atoms with Crippen molar-refractivity contribution < 1.29 is 8.83 Å². The summed E-state index contributed by atoms with van der Waals surface area (Å²) >= 11 is 0. The summed E-state index contributed by atoms with van der Waals surface area (Å²) in [4.78, 5) is 2.36. The number of rotatable bonds is 7. The molecule has 0 aliphatic carbocycles. The number of nitrogens with zero attached hydrogens (tertiary/aromatic N) is 1. The third-order valence-electron chi connectivity index (χ3n) is 12.1. The van der Waals surface area contributed by atoms with Gasteiger partial charge in [0.25, 0.3) is 0 Å². The van der Waals surface area contributed by atoms with Crippen LogP contribution in [0.5, 0.6) is 0 Å². The largest absolute Gasteiger partial charge is 0.456 e. The first kappa shape index (κ1) is 34.9. The van der Waals surface area contributed by atoms with Crippen molar-refractivity contribution >= 4 is 71.7 Å². The van der Waals surface area contributed by atoms with Gasteiger partial charge in [-0.1, -0.05) is 170 Å². The number of hydrogen-bond donors (Lipinski definition) is 0. The monoisotopic (exact) mass is 779 g/mol. The van der Waals surface area contributed by atoms with Crippen LogP contribution in [0, 0.1) is 0 Å². The Morgan fingerprint density at radius 2 is 0.754 bits per heavy atom. The third kappa shape index (κ3) is 5.98. The first-order valence-electron chi connectivity index (χ1n) is 20.7. The summed E-state index contributed by atoms with van der Waals surface area (Å²) in [7, 11) is 0. The molecule has 0 bridgehead atoms. The van der Waals surface area contributed by atoms with Crippen LogP contribution < -0.4 is 4.90 Å².